The number of halogens is 4. The molecule has 35 heavy (non-hydrogen) atoms. The lowest BCUT2D eigenvalue weighted by atomic mass is 9.82. The van der Waals surface area contributed by atoms with Crippen molar-refractivity contribution in [2.75, 3.05) is 6.61 Å². The zero-order valence-electron chi connectivity index (χ0n) is 18.3. The molecule has 190 valence electrons. The predicted octanol–water partition coefficient (Wildman–Crippen LogP) is 3.85. The second-order valence-corrected chi connectivity index (χ2v) is 9.33. The van der Waals surface area contributed by atoms with Crippen molar-refractivity contribution in [1.29, 1.82) is 0 Å². The summed E-state index contributed by atoms with van der Waals surface area (Å²) in [5.74, 6) is 0.649. The largest absolute Gasteiger partial charge is 0.522 e. The van der Waals surface area contributed by atoms with Crippen molar-refractivity contribution in [2.45, 2.75) is 75.0 Å². The van der Waals surface area contributed by atoms with Gasteiger partial charge in [0.15, 0.2) is 4.87 Å². The minimum atomic E-state index is -4.66. The van der Waals surface area contributed by atoms with Gasteiger partial charge < -0.3 is 19.0 Å². The van der Waals surface area contributed by atoms with Crippen LogP contribution in [0.2, 0.25) is 5.02 Å². The van der Waals surface area contributed by atoms with Gasteiger partial charge in [-0.15, -0.1) is 28.8 Å². The predicted molar refractivity (Wildman–Crippen MR) is 111 cm³/mol. The van der Waals surface area contributed by atoms with Gasteiger partial charge in [0.05, 0.1) is 30.1 Å². The highest BCUT2D eigenvalue weighted by molar-refractivity contribution is 6.30. The van der Waals surface area contributed by atoms with Gasteiger partial charge >= 0.3 is 12.6 Å². The van der Waals surface area contributed by atoms with Gasteiger partial charge in [-0.05, 0) is 43.9 Å². The third kappa shape index (κ3) is 5.52. The zero-order chi connectivity index (χ0) is 24.7. The molecule has 1 aromatic carbocycles. The summed E-state index contributed by atoms with van der Waals surface area (Å²) in [6, 6.07) is 4.54. The Kier molecular flexibility index (Phi) is 6.59. The van der Waals surface area contributed by atoms with E-state index in [9.17, 15) is 23.2 Å². The topological polar surface area (TPSA) is 119 Å². The average Bonchev–Trinajstić information content (AvgIpc) is 3.26. The Bertz CT molecular complexity index is 1070. The first kappa shape index (κ1) is 24.2. The van der Waals surface area contributed by atoms with E-state index in [0.717, 1.165) is 0 Å². The lowest BCUT2D eigenvalue weighted by molar-refractivity contribution is -0.679. The number of ether oxygens (including phenoxy) is 3. The fraction of sp³-hybridized carbons (Fsp3) is 0.619. The maximum Gasteiger partial charge on any atom is 0.522 e. The van der Waals surface area contributed by atoms with E-state index in [2.05, 4.69) is 20.4 Å². The molecule has 0 spiro atoms. The molecule has 0 radical (unpaired) electrons. The Morgan fingerprint density at radius 2 is 1.94 bits per heavy atom. The lowest BCUT2D eigenvalue weighted by Gasteiger charge is -2.32. The van der Waals surface area contributed by atoms with Crippen LogP contribution in [0.3, 0.4) is 0 Å². The van der Waals surface area contributed by atoms with Crippen LogP contribution in [0.5, 0.6) is 5.75 Å². The Labute approximate surface area is 202 Å². The van der Waals surface area contributed by atoms with Gasteiger partial charge in [0.25, 0.3) is 0 Å². The van der Waals surface area contributed by atoms with E-state index >= 15 is 0 Å². The van der Waals surface area contributed by atoms with Crippen LogP contribution in [0.15, 0.2) is 22.6 Å². The normalized spacial score (nSPS) is 30.7. The Morgan fingerprint density at radius 1 is 1.17 bits per heavy atom. The molecule has 5 rings (SSSR count). The molecule has 2 aliphatic heterocycles. The van der Waals surface area contributed by atoms with Gasteiger partial charge in [0, 0.05) is 16.5 Å². The molecule has 1 saturated carbocycles. The van der Waals surface area contributed by atoms with E-state index < -0.39 is 30.9 Å². The number of benzene rings is 1. The van der Waals surface area contributed by atoms with Gasteiger partial charge in [-0.25, -0.2) is 0 Å². The summed E-state index contributed by atoms with van der Waals surface area (Å²) >= 11 is 5.96. The van der Waals surface area contributed by atoms with Crippen molar-refractivity contribution < 1.29 is 41.8 Å². The first-order valence-electron chi connectivity index (χ1n) is 11.2. The second-order valence-electron chi connectivity index (χ2n) is 8.89. The number of fused-ring (bicyclic) bond motifs is 1. The van der Waals surface area contributed by atoms with Crippen molar-refractivity contribution >= 4 is 11.6 Å². The van der Waals surface area contributed by atoms with E-state index in [0.29, 0.717) is 34.0 Å². The van der Waals surface area contributed by atoms with Gasteiger partial charge in [-0.2, -0.15) is 0 Å². The maximum absolute atomic E-state index is 12.6. The number of aromatic nitrogens is 2. The summed E-state index contributed by atoms with van der Waals surface area (Å²) in [7, 11) is 0. The molecule has 14 heteroatoms. The van der Waals surface area contributed by atoms with Crippen LogP contribution < -0.4 is 10.2 Å². The highest BCUT2D eigenvalue weighted by atomic mass is 35.5. The first-order valence-corrected chi connectivity index (χ1v) is 11.6. The molecule has 1 saturated heterocycles. The molecule has 2 aromatic rings. The molecular weight excluding hydrogens is 497 g/mol. The number of aliphatic hydroxyl groups excluding tert-OH is 1. The van der Waals surface area contributed by atoms with Crippen LogP contribution in [0, 0.1) is 4.91 Å². The minimum Gasteiger partial charge on any atom is -0.428 e. The van der Waals surface area contributed by atoms with E-state index in [4.69, 9.17) is 25.5 Å². The van der Waals surface area contributed by atoms with Gasteiger partial charge in [-0.3, -0.25) is 4.74 Å². The minimum absolute atomic E-state index is 0.0703. The highest BCUT2D eigenvalue weighted by Crippen LogP contribution is 2.41. The van der Waals surface area contributed by atoms with Crippen molar-refractivity contribution in [1.82, 2.24) is 15.6 Å². The van der Waals surface area contributed by atoms with E-state index in [-0.39, 0.29) is 49.6 Å². The summed E-state index contributed by atoms with van der Waals surface area (Å²) in [5, 5.41) is 18.8. The molecule has 4 atom stereocenters. The second kappa shape index (κ2) is 9.52. The van der Waals surface area contributed by atoms with E-state index in [1.807, 2.05) is 0 Å². The van der Waals surface area contributed by atoms with Gasteiger partial charge in [0.2, 0.25) is 11.8 Å². The van der Waals surface area contributed by atoms with Crippen LogP contribution in [0.4, 0.5) is 13.2 Å². The Hall–Kier alpha value is -2.48. The number of hydrazine groups is 1. The smallest absolute Gasteiger partial charge is 0.428 e. The number of nitroso groups, excluding NO2 is 1. The first-order chi connectivity index (χ1) is 16.6. The number of aliphatic hydroxyl groups is 1. The third-order valence-corrected chi connectivity index (χ3v) is 6.58. The number of rotatable bonds is 6. The third-order valence-electron chi connectivity index (χ3n) is 6.34. The number of nitrogens with zero attached hydrogens (tertiary/aromatic N) is 3. The van der Waals surface area contributed by atoms with Crippen LogP contribution >= 0.6 is 11.6 Å². The SMILES string of the molecule is O=[N+](N[C@@H]1CC[C@@H](c2nnc(C3CC(OC(F)(F)F)C3)o2)OC1)[C@H]1C[C@@H](O)c2cc(Cl)ccc2O1. The molecule has 10 nitrogen and oxygen atoms in total. The van der Waals surface area contributed by atoms with E-state index in [1.54, 1.807) is 18.2 Å². The molecule has 0 bridgehead atoms. The Morgan fingerprint density at radius 3 is 2.66 bits per heavy atom. The quantitative estimate of drug-likeness (QED) is 0.433. The molecule has 1 aromatic heterocycles. The van der Waals surface area contributed by atoms with Crippen molar-refractivity contribution in [3.8, 4) is 5.75 Å². The average molecular weight is 520 g/mol. The van der Waals surface area contributed by atoms with Crippen molar-refractivity contribution in [2.24, 2.45) is 0 Å². The highest BCUT2D eigenvalue weighted by Gasteiger charge is 2.43. The molecule has 3 heterocycles. The Balaban J connectivity index is 1.09. The summed E-state index contributed by atoms with van der Waals surface area (Å²) < 4.78 is 57.9. The molecule has 0 amide bonds. The number of hydrogen-bond donors (Lipinski definition) is 2. The van der Waals surface area contributed by atoms with Crippen molar-refractivity contribution in [3.63, 3.8) is 0 Å². The fourth-order valence-electron chi connectivity index (χ4n) is 4.45. The molecule has 0 unspecified atom stereocenters. The maximum atomic E-state index is 12.6. The number of alkyl halides is 3. The lowest BCUT2D eigenvalue weighted by Crippen LogP contribution is -2.49. The van der Waals surface area contributed by atoms with Crippen LogP contribution in [0.25, 0.3) is 0 Å². The molecule has 2 N–H and O–H groups in total. The molecule has 1 aliphatic carbocycles. The summed E-state index contributed by atoms with van der Waals surface area (Å²) in [6.07, 6.45) is -6.39. The van der Waals surface area contributed by atoms with Crippen LogP contribution in [-0.2, 0) is 9.47 Å². The zero-order valence-corrected chi connectivity index (χ0v) is 19.0. The number of nitrogens with one attached hydrogen (secondary N) is 1. The summed E-state index contributed by atoms with van der Waals surface area (Å²) in [4.78, 5) is 13.2. The van der Waals surface area contributed by atoms with Gasteiger partial charge in [-0.1, -0.05) is 11.6 Å². The van der Waals surface area contributed by atoms with Crippen molar-refractivity contribution in [3.05, 3.63) is 45.5 Å². The molecular formula is C21H23ClF3N4O6+. The standard InChI is InChI=1S/C21H23ClF3N4O6/c22-11-1-3-16-14(7-11)15(30)8-18(33-16)29(31)28-12-2-4-17(32-9-12)20-27-26-19(34-20)10-5-13(6-10)35-21(23,24)25/h1,3,7,10,12-13,15,17-18,30H,2,4-6,8-9H2,(H,28,31)/q+1/t10?,12-,13?,15-,17+,18-/m1/s1. The summed E-state index contributed by atoms with van der Waals surface area (Å²) in [6.45, 7) is 0.188. The van der Waals surface area contributed by atoms with Crippen LogP contribution in [-0.4, -0.2) is 51.5 Å². The monoisotopic (exact) mass is 519 g/mol. The van der Waals surface area contributed by atoms with Gasteiger partial charge in [0.1, 0.15) is 17.9 Å². The number of hydrogen-bond acceptors (Lipinski definition) is 8. The van der Waals surface area contributed by atoms with E-state index in [1.165, 1.54) is 0 Å². The fourth-order valence-corrected chi connectivity index (χ4v) is 4.63. The summed E-state index contributed by atoms with van der Waals surface area (Å²) in [5.41, 5.74) is 3.34. The van der Waals surface area contributed by atoms with Crippen LogP contribution in [0.1, 0.15) is 67.6 Å². The molecule has 3 aliphatic rings. The molecule has 2 fully saturated rings.